The monoisotopic (exact) mass is 390 g/mol. The van der Waals surface area contributed by atoms with Crippen molar-refractivity contribution in [1.82, 2.24) is 5.32 Å². The Kier molecular flexibility index (Phi) is 5.99. The van der Waals surface area contributed by atoms with Crippen LogP contribution in [0.15, 0.2) is 47.1 Å². The number of carbonyl (C=O) groups is 2. The van der Waals surface area contributed by atoms with Gasteiger partial charge in [0.25, 0.3) is 5.91 Å². The summed E-state index contributed by atoms with van der Waals surface area (Å²) in [5, 5.41) is 5.03. The molecule has 0 radical (unpaired) electrons. The van der Waals surface area contributed by atoms with E-state index >= 15 is 0 Å². The third-order valence-corrected chi connectivity index (χ3v) is 3.31. The van der Waals surface area contributed by atoms with Crippen molar-refractivity contribution in [2.45, 2.75) is 16.9 Å². The molecule has 1 unspecified atom stereocenters. The molecule has 2 N–H and O–H groups in total. The molecule has 0 fully saturated rings. The van der Waals surface area contributed by atoms with E-state index in [4.69, 9.17) is 44.0 Å². The number of rotatable bonds is 5. The van der Waals surface area contributed by atoms with Gasteiger partial charge in [0.1, 0.15) is 5.75 Å². The number of hydrogen-bond donors (Lipinski definition) is 2. The zero-order valence-corrected chi connectivity index (χ0v) is 14.7. The number of hydrogen-bond acceptors (Lipinski definition) is 4. The van der Waals surface area contributed by atoms with Gasteiger partial charge in [0, 0.05) is 18.7 Å². The van der Waals surface area contributed by atoms with E-state index in [2.05, 4.69) is 10.6 Å². The maximum absolute atomic E-state index is 12.0. The number of nitrogens with one attached hydrogen (secondary N) is 2. The van der Waals surface area contributed by atoms with Crippen LogP contribution in [0, 0.1) is 0 Å². The molecule has 0 spiro atoms. The van der Waals surface area contributed by atoms with Crippen LogP contribution in [0.4, 0.5) is 5.69 Å². The molecule has 9 heteroatoms. The molecule has 0 saturated carbocycles. The molecule has 0 aliphatic rings. The number of alkyl halides is 3. The summed E-state index contributed by atoms with van der Waals surface area (Å²) in [6, 6.07) is 9.45. The van der Waals surface area contributed by atoms with Gasteiger partial charge in [0.05, 0.1) is 6.26 Å². The molecule has 0 aliphatic carbocycles. The molecule has 1 heterocycles. The molecule has 0 aliphatic heterocycles. The number of furan rings is 1. The lowest BCUT2D eigenvalue weighted by Crippen LogP contribution is -2.47. The Hall–Kier alpha value is -1.89. The van der Waals surface area contributed by atoms with E-state index in [-0.39, 0.29) is 17.4 Å². The van der Waals surface area contributed by atoms with Crippen LogP contribution >= 0.6 is 34.8 Å². The zero-order valence-electron chi connectivity index (χ0n) is 12.4. The minimum absolute atomic E-state index is 0.0462. The van der Waals surface area contributed by atoms with Gasteiger partial charge in [0.2, 0.25) is 15.9 Å². The van der Waals surface area contributed by atoms with Crippen LogP contribution in [0.2, 0.25) is 0 Å². The van der Waals surface area contributed by atoms with Crippen molar-refractivity contribution in [2.24, 2.45) is 0 Å². The molecular formula is C15H13Cl3N2O4. The number of amides is 2. The van der Waals surface area contributed by atoms with E-state index in [1.165, 1.54) is 25.3 Å². The van der Waals surface area contributed by atoms with Crippen molar-refractivity contribution in [3.05, 3.63) is 48.4 Å². The molecule has 1 aromatic heterocycles. The van der Waals surface area contributed by atoms with Gasteiger partial charge in [-0.05, 0) is 24.3 Å². The molecule has 1 atom stereocenters. The number of ether oxygens (including phenoxy) is 1. The highest BCUT2D eigenvalue weighted by molar-refractivity contribution is 6.68. The molecule has 0 bridgehead atoms. The third kappa shape index (κ3) is 5.33. The average molecular weight is 392 g/mol. The number of anilines is 1. The topological polar surface area (TPSA) is 80.6 Å². The number of benzene rings is 1. The van der Waals surface area contributed by atoms with Gasteiger partial charge in [-0.1, -0.05) is 40.9 Å². The van der Waals surface area contributed by atoms with Crippen LogP contribution in [-0.4, -0.2) is 21.8 Å². The van der Waals surface area contributed by atoms with Gasteiger partial charge >= 0.3 is 0 Å². The summed E-state index contributed by atoms with van der Waals surface area (Å²) in [4.78, 5) is 23.1. The first-order chi connectivity index (χ1) is 11.3. The van der Waals surface area contributed by atoms with Crippen LogP contribution < -0.4 is 15.4 Å². The quantitative estimate of drug-likeness (QED) is 0.601. The second kappa shape index (κ2) is 7.79. The van der Waals surface area contributed by atoms with Crippen molar-refractivity contribution in [3.63, 3.8) is 0 Å². The van der Waals surface area contributed by atoms with E-state index in [9.17, 15) is 9.59 Å². The SMILES string of the molecule is CC(=O)Nc1cccc(OC(NC(=O)c2ccco2)C(Cl)(Cl)Cl)c1. The number of halogens is 3. The molecule has 0 saturated heterocycles. The first-order valence-corrected chi connectivity index (χ1v) is 7.84. The van der Waals surface area contributed by atoms with Gasteiger partial charge in [-0.25, -0.2) is 0 Å². The lowest BCUT2D eigenvalue weighted by atomic mass is 10.3. The predicted molar refractivity (Wildman–Crippen MR) is 91.6 cm³/mol. The normalized spacial score (nSPS) is 12.3. The van der Waals surface area contributed by atoms with Crippen LogP contribution in [0.5, 0.6) is 5.75 Å². The molecule has 6 nitrogen and oxygen atoms in total. The third-order valence-electron chi connectivity index (χ3n) is 2.71. The Balaban J connectivity index is 2.14. The van der Waals surface area contributed by atoms with Gasteiger partial charge in [-0.15, -0.1) is 0 Å². The van der Waals surface area contributed by atoms with Crippen molar-refractivity contribution < 1.29 is 18.7 Å². The van der Waals surface area contributed by atoms with E-state index in [1.807, 2.05) is 0 Å². The predicted octanol–water partition coefficient (Wildman–Crippen LogP) is 3.74. The molecular weight excluding hydrogens is 379 g/mol. The zero-order chi connectivity index (χ0) is 17.7. The summed E-state index contributed by atoms with van der Waals surface area (Å²) >= 11 is 17.6. The Bertz CT molecular complexity index is 714. The van der Waals surface area contributed by atoms with Gasteiger partial charge in [-0.3, -0.25) is 9.59 Å². The minimum atomic E-state index is -1.94. The fraction of sp³-hybridized carbons (Fsp3) is 0.200. The van der Waals surface area contributed by atoms with Crippen molar-refractivity contribution in [1.29, 1.82) is 0 Å². The minimum Gasteiger partial charge on any atom is -0.466 e. The van der Waals surface area contributed by atoms with E-state index in [0.29, 0.717) is 5.69 Å². The van der Waals surface area contributed by atoms with E-state index in [0.717, 1.165) is 0 Å². The van der Waals surface area contributed by atoms with Crippen molar-refractivity contribution in [3.8, 4) is 5.75 Å². The molecule has 24 heavy (non-hydrogen) atoms. The van der Waals surface area contributed by atoms with Crippen molar-refractivity contribution >= 4 is 52.3 Å². The Morgan fingerprint density at radius 1 is 1.21 bits per heavy atom. The first kappa shape index (κ1) is 18.4. The Morgan fingerprint density at radius 2 is 1.96 bits per heavy atom. The highest BCUT2D eigenvalue weighted by Gasteiger charge is 2.36. The molecule has 1 aromatic carbocycles. The summed E-state index contributed by atoms with van der Waals surface area (Å²) in [5.74, 6) is -0.507. The van der Waals surface area contributed by atoms with Crippen LogP contribution in [0.1, 0.15) is 17.5 Å². The van der Waals surface area contributed by atoms with Gasteiger partial charge in [0.15, 0.2) is 5.76 Å². The van der Waals surface area contributed by atoms with Crippen LogP contribution in [0.25, 0.3) is 0 Å². The second-order valence-electron chi connectivity index (χ2n) is 4.70. The Morgan fingerprint density at radius 3 is 2.54 bits per heavy atom. The van der Waals surface area contributed by atoms with E-state index < -0.39 is 15.9 Å². The maximum atomic E-state index is 12.0. The van der Waals surface area contributed by atoms with Crippen LogP contribution in [-0.2, 0) is 4.79 Å². The number of carbonyl (C=O) groups excluding carboxylic acids is 2. The lowest BCUT2D eigenvalue weighted by molar-refractivity contribution is -0.114. The molecule has 128 valence electrons. The summed E-state index contributed by atoms with van der Waals surface area (Å²) < 4.78 is 8.59. The first-order valence-electron chi connectivity index (χ1n) is 6.71. The highest BCUT2D eigenvalue weighted by Crippen LogP contribution is 2.32. The molecule has 2 amide bonds. The molecule has 2 aromatic rings. The van der Waals surface area contributed by atoms with Gasteiger partial charge < -0.3 is 19.8 Å². The fourth-order valence-electron chi connectivity index (χ4n) is 1.76. The smallest absolute Gasteiger partial charge is 0.289 e. The van der Waals surface area contributed by atoms with Crippen LogP contribution in [0.3, 0.4) is 0 Å². The summed E-state index contributed by atoms with van der Waals surface area (Å²) in [6.07, 6.45) is 0.0597. The molecule has 2 rings (SSSR count). The highest BCUT2D eigenvalue weighted by atomic mass is 35.6. The standard InChI is InChI=1S/C15H13Cl3N2O4/c1-9(21)19-10-4-2-5-11(8-10)24-14(15(16,17)18)20-13(22)12-6-3-7-23-12/h2-8,14H,1H3,(H,19,21)(H,20,22). The summed E-state index contributed by atoms with van der Waals surface area (Å²) in [5.41, 5.74) is 0.500. The second-order valence-corrected chi connectivity index (χ2v) is 7.07. The fourth-order valence-corrected chi connectivity index (χ4v) is 2.06. The summed E-state index contributed by atoms with van der Waals surface area (Å²) in [7, 11) is 0. The lowest BCUT2D eigenvalue weighted by Gasteiger charge is -2.26. The van der Waals surface area contributed by atoms with Gasteiger partial charge in [-0.2, -0.15) is 0 Å². The van der Waals surface area contributed by atoms with Crippen molar-refractivity contribution in [2.75, 3.05) is 5.32 Å². The largest absolute Gasteiger partial charge is 0.466 e. The van der Waals surface area contributed by atoms with E-state index in [1.54, 1.807) is 24.3 Å². The maximum Gasteiger partial charge on any atom is 0.289 e. The summed E-state index contributed by atoms with van der Waals surface area (Å²) in [6.45, 7) is 1.38. The Labute approximate surface area is 153 Å². The average Bonchev–Trinajstić information content (AvgIpc) is 2.99.